The average Bonchev–Trinajstić information content (AvgIpc) is 3.28. The Morgan fingerprint density at radius 3 is 2.37 bits per heavy atom. The summed E-state index contributed by atoms with van der Waals surface area (Å²) in [6.07, 6.45) is 5.32. The number of nitrogens with zero attached hydrogens (tertiary/aromatic N) is 2. The van der Waals surface area contributed by atoms with E-state index >= 15 is 0 Å². The van der Waals surface area contributed by atoms with Crippen molar-refractivity contribution >= 4 is 11.8 Å². The van der Waals surface area contributed by atoms with E-state index in [0.717, 1.165) is 51.1 Å². The molecule has 30 heavy (non-hydrogen) atoms. The monoisotopic (exact) mass is 423 g/mol. The van der Waals surface area contributed by atoms with Crippen LogP contribution in [0.25, 0.3) is 0 Å². The van der Waals surface area contributed by atoms with Crippen LogP contribution in [0.15, 0.2) is 24.3 Å². The molecular formula is C22H31F2N3O3. The number of carbonyl (C=O) groups excluding carboxylic acids is 2. The van der Waals surface area contributed by atoms with Crippen LogP contribution in [0.4, 0.5) is 8.78 Å². The number of benzene rings is 1. The van der Waals surface area contributed by atoms with Crippen LogP contribution < -0.4 is 10.1 Å². The zero-order valence-electron chi connectivity index (χ0n) is 17.3. The molecule has 1 aliphatic heterocycles. The van der Waals surface area contributed by atoms with Gasteiger partial charge >= 0.3 is 6.61 Å². The number of alkyl halides is 2. The van der Waals surface area contributed by atoms with Crippen LogP contribution in [-0.4, -0.2) is 67.5 Å². The maximum absolute atomic E-state index is 12.5. The quantitative estimate of drug-likeness (QED) is 0.664. The topological polar surface area (TPSA) is 61.9 Å². The van der Waals surface area contributed by atoms with Crippen molar-refractivity contribution in [2.45, 2.75) is 45.1 Å². The number of halogens is 2. The second kappa shape index (κ2) is 11.2. The van der Waals surface area contributed by atoms with Crippen LogP contribution >= 0.6 is 0 Å². The van der Waals surface area contributed by atoms with Crippen molar-refractivity contribution in [1.82, 2.24) is 15.1 Å². The van der Waals surface area contributed by atoms with Crippen LogP contribution in [0, 0.1) is 5.92 Å². The van der Waals surface area contributed by atoms with Crippen LogP contribution in [0.3, 0.4) is 0 Å². The molecule has 1 N–H and O–H groups in total. The van der Waals surface area contributed by atoms with E-state index in [9.17, 15) is 18.4 Å². The Morgan fingerprint density at radius 2 is 1.73 bits per heavy atom. The molecule has 6 nitrogen and oxygen atoms in total. The first-order chi connectivity index (χ1) is 14.5. The number of piperazine rings is 1. The minimum Gasteiger partial charge on any atom is -0.435 e. The Bertz CT molecular complexity index is 685. The molecule has 0 unspecified atom stereocenters. The molecule has 3 rings (SSSR count). The minimum atomic E-state index is -2.84. The number of nitrogens with one attached hydrogen (secondary N) is 1. The Labute approximate surface area is 176 Å². The van der Waals surface area contributed by atoms with Crippen molar-refractivity contribution in [2.75, 3.05) is 39.3 Å². The lowest BCUT2D eigenvalue weighted by molar-refractivity contribution is -0.137. The summed E-state index contributed by atoms with van der Waals surface area (Å²) in [5, 5.41) is 2.93. The molecule has 1 aromatic rings. The van der Waals surface area contributed by atoms with Crippen molar-refractivity contribution in [1.29, 1.82) is 0 Å². The Balaban J connectivity index is 1.27. The number of carbonyl (C=O) groups is 2. The largest absolute Gasteiger partial charge is 0.435 e. The molecule has 0 spiro atoms. The van der Waals surface area contributed by atoms with Crippen molar-refractivity contribution in [3.63, 3.8) is 0 Å². The van der Waals surface area contributed by atoms with Gasteiger partial charge in [-0.25, -0.2) is 0 Å². The first-order valence-electron chi connectivity index (χ1n) is 10.8. The third-order valence-corrected chi connectivity index (χ3v) is 5.93. The predicted octanol–water partition coefficient (Wildman–Crippen LogP) is 2.67. The fourth-order valence-electron chi connectivity index (χ4n) is 4.16. The molecule has 166 valence electrons. The lowest BCUT2D eigenvalue weighted by atomic mass is 10.1. The number of hydrogen-bond donors (Lipinski definition) is 1. The van der Waals surface area contributed by atoms with Gasteiger partial charge in [0.05, 0.1) is 0 Å². The summed E-state index contributed by atoms with van der Waals surface area (Å²) in [6.45, 7) is 1.76. The first-order valence-corrected chi connectivity index (χ1v) is 10.8. The Kier molecular flexibility index (Phi) is 8.42. The number of hydrogen-bond acceptors (Lipinski definition) is 4. The van der Waals surface area contributed by atoms with Gasteiger partial charge < -0.3 is 15.0 Å². The first kappa shape index (κ1) is 22.5. The minimum absolute atomic E-state index is 0.0297. The lowest BCUT2D eigenvalue weighted by Gasteiger charge is -2.36. The Hall–Kier alpha value is -2.22. The van der Waals surface area contributed by atoms with Gasteiger partial charge in [-0.05, 0) is 37.0 Å². The number of rotatable bonds is 9. The zero-order valence-corrected chi connectivity index (χ0v) is 17.3. The normalized spacial score (nSPS) is 18.0. The van der Waals surface area contributed by atoms with E-state index in [2.05, 4.69) is 15.0 Å². The SMILES string of the molecule is O=C(CCc1ccc(OC(F)F)cc1)NCCN1CCN(C(=O)C2CCCC2)CC1. The van der Waals surface area contributed by atoms with Crippen LogP contribution in [0.5, 0.6) is 5.75 Å². The van der Waals surface area contributed by atoms with Crippen LogP contribution in [-0.2, 0) is 16.0 Å². The highest BCUT2D eigenvalue weighted by Gasteiger charge is 2.29. The number of amides is 2. The fraction of sp³-hybridized carbons (Fsp3) is 0.636. The highest BCUT2D eigenvalue weighted by atomic mass is 19.3. The van der Waals surface area contributed by atoms with Crippen molar-refractivity contribution < 1.29 is 23.1 Å². The highest BCUT2D eigenvalue weighted by molar-refractivity contribution is 5.79. The van der Waals surface area contributed by atoms with Gasteiger partial charge in [-0.15, -0.1) is 0 Å². The summed E-state index contributed by atoms with van der Waals surface area (Å²) in [7, 11) is 0. The van der Waals surface area contributed by atoms with Gasteiger partial charge in [0, 0.05) is 51.6 Å². The molecule has 8 heteroatoms. The van der Waals surface area contributed by atoms with Gasteiger partial charge in [0.15, 0.2) is 0 Å². The molecule has 2 aliphatic rings. The third kappa shape index (κ3) is 6.93. The second-order valence-corrected chi connectivity index (χ2v) is 8.02. The van der Waals surface area contributed by atoms with Gasteiger partial charge in [0.25, 0.3) is 0 Å². The van der Waals surface area contributed by atoms with Crippen LogP contribution in [0.1, 0.15) is 37.7 Å². The standard InChI is InChI=1S/C22H31F2N3O3/c23-22(24)30-19-8-5-17(6-9-19)7-10-20(28)25-11-12-26-13-15-27(16-14-26)21(29)18-3-1-2-4-18/h5-6,8-9,18,22H,1-4,7,10-16H2,(H,25,28). The van der Waals surface area contributed by atoms with Crippen molar-refractivity contribution in [3.8, 4) is 5.75 Å². The zero-order chi connectivity index (χ0) is 21.3. The number of ether oxygens (including phenoxy) is 1. The van der Waals surface area contributed by atoms with E-state index in [4.69, 9.17) is 0 Å². The van der Waals surface area contributed by atoms with Gasteiger partial charge in [-0.3, -0.25) is 14.5 Å². The van der Waals surface area contributed by atoms with E-state index in [1.54, 1.807) is 12.1 Å². The molecule has 0 atom stereocenters. The highest BCUT2D eigenvalue weighted by Crippen LogP contribution is 2.26. The smallest absolute Gasteiger partial charge is 0.387 e. The van der Waals surface area contributed by atoms with E-state index in [-0.39, 0.29) is 17.6 Å². The molecule has 1 saturated heterocycles. The summed E-state index contributed by atoms with van der Waals surface area (Å²) in [5.41, 5.74) is 0.898. The Morgan fingerprint density at radius 1 is 1.07 bits per heavy atom. The molecular weight excluding hydrogens is 392 g/mol. The summed E-state index contributed by atoms with van der Waals surface area (Å²) in [6, 6.07) is 6.35. The summed E-state index contributed by atoms with van der Waals surface area (Å²) in [4.78, 5) is 28.8. The average molecular weight is 424 g/mol. The van der Waals surface area contributed by atoms with E-state index < -0.39 is 6.61 Å². The predicted molar refractivity (Wildman–Crippen MR) is 109 cm³/mol. The molecule has 1 aromatic carbocycles. The fourth-order valence-corrected chi connectivity index (χ4v) is 4.16. The summed E-state index contributed by atoms with van der Waals surface area (Å²) in [5.74, 6) is 0.652. The summed E-state index contributed by atoms with van der Waals surface area (Å²) < 4.78 is 28.6. The van der Waals surface area contributed by atoms with E-state index in [0.29, 0.717) is 25.3 Å². The number of aryl methyl sites for hydroxylation is 1. The van der Waals surface area contributed by atoms with Gasteiger partial charge in [-0.1, -0.05) is 25.0 Å². The molecule has 0 radical (unpaired) electrons. The van der Waals surface area contributed by atoms with Gasteiger partial charge in [0.1, 0.15) is 5.75 Å². The van der Waals surface area contributed by atoms with E-state index in [1.807, 2.05) is 4.90 Å². The van der Waals surface area contributed by atoms with Crippen molar-refractivity contribution in [2.24, 2.45) is 5.92 Å². The molecule has 1 heterocycles. The van der Waals surface area contributed by atoms with Crippen LogP contribution in [0.2, 0.25) is 0 Å². The molecule has 0 aromatic heterocycles. The maximum Gasteiger partial charge on any atom is 0.387 e. The lowest BCUT2D eigenvalue weighted by Crippen LogP contribution is -2.51. The van der Waals surface area contributed by atoms with E-state index in [1.165, 1.54) is 25.0 Å². The van der Waals surface area contributed by atoms with Gasteiger partial charge in [0.2, 0.25) is 11.8 Å². The van der Waals surface area contributed by atoms with Crippen molar-refractivity contribution in [3.05, 3.63) is 29.8 Å². The molecule has 1 saturated carbocycles. The molecule has 1 aliphatic carbocycles. The molecule has 0 bridgehead atoms. The van der Waals surface area contributed by atoms with Gasteiger partial charge in [-0.2, -0.15) is 8.78 Å². The molecule has 2 fully saturated rings. The summed E-state index contributed by atoms with van der Waals surface area (Å²) >= 11 is 0. The maximum atomic E-state index is 12.5. The second-order valence-electron chi connectivity index (χ2n) is 8.02. The molecule has 2 amide bonds. The third-order valence-electron chi connectivity index (χ3n) is 5.93.